The third kappa shape index (κ3) is 4.99. The van der Waals surface area contributed by atoms with E-state index >= 15 is 0 Å². The predicted molar refractivity (Wildman–Crippen MR) is 67.1 cm³/mol. The fraction of sp³-hybridized carbons (Fsp3) is 0.308. The van der Waals surface area contributed by atoms with Crippen LogP contribution in [-0.2, 0) is 16.1 Å². The van der Waals surface area contributed by atoms with E-state index in [1.165, 1.54) is 12.1 Å². The lowest BCUT2D eigenvalue weighted by molar-refractivity contribution is -0.143. The van der Waals surface area contributed by atoms with E-state index in [-0.39, 0.29) is 18.8 Å². The van der Waals surface area contributed by atoms with Gasteiger partial charge >= 0.3 is 5.97 Å². The van der Waals surface area contributed by atoms with Gasteiger partial charge < -0.3 is 10.2 Å². The lowest BCUT2D eigenvalue weighted by Crippen LogP contribution is -2.38. The maximum atomic E-state index is 11.0. The number of nitrogens with one attached hydrogen (secondary N) is 1. The Hall–Kier alpha value is -1.85. The van der Waals surface area contributed by atoms with E-state index in [2.05, 4.69) is 12.1 Å². The molecule has 0 aromatic heterocycles. The van der Waals surface area contributed by atoms with Gasteiger partial charge in [0.05, 0.1) is 6.61 Å². The highest BCUT2D eigenvalue weighted by Crippen LogP contribution is 2.11. The SMILES string of the molecule is C=C(C)CONC(Cc1ccc(O)cc1)C(=O)O. The average molecular weight is 251 g/mol. The van der Waals surface area contributed by atoms with Crippen LogP contribution in [0.3, 0.4) is 0 Å². The highest BCUT2D eigenvalue weighted by Gasteiger charge is 2.17. The van der Waals surface area contributed by atoms with Crippen molar-refractivity contribution in [3.63, 3.8) is 0 Å². The summed E-state index contributed by atoms with van der Waals surface area (Å²) in [4.78, 5) is 16.1. The molecule has 5 nitrogen and oxygen atoms in total. The van der Waals surface area contributed by atoms with Crippen LogP contribution in [0.15, 0.2) is 36.4 Å². The van der Waals surface area contributed by atoms with Gasteiger partial charge in [0.2, 0.25) is 0 Å². The number of hydrogen-bond acceptors (Lipinski definition) is 4. The van der Waals surface area contributed by atoms with Crippen LogP contribution in [0.2, 0.25) is 0 Å². The topological polar surface area (TPSA) is 78.8 Å². The number of phenolic OH excluding ortho intramolecular Hbond substituents is 1. The van der Waals surface area contributed by atoms with E-state index < -0.39 is 12.0 Å². The lowest BCUT2D eigenvalue weighted by atomic mass is 10.1. The van der Waals surface area contributed by atoms with Gasteiger partial charge in [0.15, 0.2) is 0 Å². The standard InChI is InChI=1S/C13H17NO4/c1-9(2)8-18-14-12(13(16)17)7-10-3-5-11(15)6-4-10/h3-6,12,14-15H,1,7-8H2,2H3,(H,16,17). The maximum Gasteiger partial charge on any atom is 0.323 e. The van der Waals surface area contributed by atoms with Crippen molar-refractivity contribution in [2.75, 3.05) is 6.61 Å². The Morgan fingerprint density at radius 3 is 2.56 bits per heavy atom. The highest BCUT2D eigenvalue weighted by atomic mass is 16.6. The van der Waals surface area contributed by atoms with E-state index in [4.69, 9.17) is 15.1 Å². The Labute approximate surface area is 106 Å². The molecule has 0 aliphatic rings. The number of aliphatic carboxylic acids is 1. The summed E-state index contributed by atoms with van der Waals surface area (Å²) in [6.45, 7) is 5.70. The first-order valence-electron chi connectivity index (χ1n) is 5.51. The van der Waals surface area contributed by atoms with Crippen molar-refractivity contribution in [1.82, 2.24) is 5.48 Å². The van der Waals surface area contributed by atoms with Crippen LogP contribution in [0, 0.1) is 0 Å². The van der Waals surface area contributed by atoms with Crippen LogP contribution in [0.4, 0.5) is 0 Å². The second kappa shape index (κ2) is 6.78. The van der Waals surface area contributed by atoms with Gasteiger partial charge in [0.25, 0.3) is 0 Å². The molecule has 3 N–H and O–H groups in total. The molecule has 1 aromatic rings. The van der Waals surface area contributed by atoms with Crippen molar-refractivity contribution in [2.45, 2.75) is 19.4 Å². The molecule has 0 amide bonds. The first kappa shape index (κ1) is 14.2. The smallest absolute Gasteiger partial charge is 0.323 e. The molecule has 98 valence electrons. The second-order valence-corrected chi connectivity index (χ2v) is 4.13. The van der Waals surface area contributed by atoms with E-state index in [0.717, 1.165) is 11.1 Å². The summed E-state index contributed by atoms with van der Waals surface area (Å²) >= 11 is 0. The molecule has 0 saturated heterocycles. The molecular formula is C13H17NO4. The molecule has 1 atom stereocenters. The minimum Gasteiger partial charge on any atom is -0.508 e. The minimum absolute atomic E-state index is 0.150. The average Bonchev–Trinajstić information content (AvgIpc) is 2.30. The summed E-state index contributed by atoms with van der Waals surface area (Å²) in [6, 6.07) is 5.54. The zero-order valence-corrected chi connectivity index (χ0v) is 10.2. The largest absolute Gasteiger partial charge is 0.508 e. The normalized spacial score (nSPS) is 12.1. The molecule has 0 spiro atoms. The van der Waals surface area contributed by atoms with Crippen LogP contribution in [0.1, 0.15) is 12.5 Å². The lowest BCUT2D eigenvalue weighted by Gasteiger charge is -2.14. The van der Waals surface area contributed by atoms with Crippen LogP contribution >= 0.6 is 0 Å². The zero-order valence-electron chi connectivity index (χ0n) is 10.2. The maximum absolute atomic E-state index is 11.0. The number of aromatic hydroxyl groups is 1. The van der Waals surface area contributed by atoms with E-state index in [1.807, 2.05) is 0 Å². The molecule has 5 heteroatoms. The summed E-state index contributed by atoms with van der Waals surface area (Å²) in [7, 11) is 0. The van der Waals surface area contributed by atoms with E-state index in [0.29, 0.717) is 0 Å². The fourth-order valence-electron chi connectivity index (χ4n) is 1.31. The van der Waals surface area contributed by atoms with Gasteiger partial charge in [-0.3, -0.25) is 9.63 Å². The van der Waals surface area contributed by atoms with Crippen molar-refractivity contribution in [3.05, 3.63) is 42.0 Å². The van der Waals surface area contributed by atoms with Gasteiger partial charge in [0.1, 0.15) is 11.8 Å². The number of rotatable bonds is 7. The highest BCUT2D eigenvalue weighted by molar-refractivity contribution is 5.73. The molecule has 0 saturated carbocycles. The number of benzene rings is 1. The Kier molecular flexibility index (Phi) is 5.35. The molecule has 1 aromatic carbocycles. The van der Waals surface area contributed by atoms with Crippen LogP contribution in [0.25, 0.3) is 0 Å². The summed E-state index contributed by atoms with van der Waals surface area (Å²) < 4.78 is 0. The Bertz CT molecular complexity index is 414. The summed E-state index contributed by atoms with van der Waals surface area (Å²) in [5.74, 6) is -0.845. The summed E-state index contributed by atoms with van der Waals surface area (Å²) in [5.41, 5.74) is 4.09. The number of carbonyl (C=O) groups is 1. The van der Waals surface area contributed by atoms with Crippen molar-refractivity contribution in [2.24, 2.45) is 0 Å². The monoisotopic (exact) mass is 251 g/mol. The first-order chi connectivity index (χ1) is 8.49. The van der Waals surface area contributed by atoms with Crippen molar-refractivity contribution in [1.29, 1.82) is 0 Å². The minimum atomic E-state index is -0.996. The number of hydrogen-bond donors (Lipinski definition) is 3. The number of hydroxylamine groups is 1. The Morgan fingerprint density at radius 1 is 1.44 bits per heavy atom. The molecular weight excluding hydrogens is 234 g/mol. The molecule has 18 heavy (non-hydrogen) atoms. The first-order valence-corrected chi connectivity index (χ1v) is 5.51. The number of carboxylic acids is 1. The van der Waals surface area contributed by atoms with Gasteiger partial charge in [-0.25, -0.2) is 0 Å². The number of carboxylic acid groups (broad SMARTS) is 1. The number of phenols is 1. The third-order valence-corrected chi connectivity index (χ3v) is 2.22. The van der Waals surface area contributed by atoms with Crippen molar-refractivity contribution < 1.29 is 19.8 Å². The fourth-order valence-corrected chi connectivity index (χ4v) is 1.31. The summed E-state index contributed by atoms with van der Waals surface area (Å²) in [6.07, 6.45) is 0.270. The van der Waals surface area contributed by atoms with Crippen LogP contribution < -0.4 is 5.48 Å². The summed E-state index contributed by atoms with van der Waals surface area (Å²) in [5, 5.41) is 18.2. The van der Waals surface area contributed by atoms with Crippen LogP contribution in [-0.4, -0.2) is 28.8 Å². The van der Waals surface area contributed by atoms with E-state index in [1.54, 1.807) is 19.1 Å². The van der Waals surface area contributed by atoms with E-state index in [9.17, 15) is 4.79 Å². The van der Waals surface area contributed by atoms with Gasteiger partial charge in [0, 0.05) is 6.42 Å². The van der Waals surface area contributed by atoms with Gasteiger partial charge in [-0.2, -0.15) is 5.48 Å². The van der Waals surface area contributed by atoms with Gasteiger partial charge in [-0.1, -0.05) is 24.3 Å². The third-order valence-electron chi connectivity index (χ3n) is 2.22. The molecule has 0 radical (unpaired) electrons. The predicted octanol–water partition coefficient (Wildman–Crippen LogP) is 1.49. The molecule has 1 rings (SSSR count). The zero-order chi connectivity index (χ0) is 13.5. The second-order valence-electron chi connectivity index (χ2n) is 4.13. The molecule has 0 bridgehead atoms. The van der Waals surface area contributed by atoms with Crippen molar-refractivity contribution >= 4 is 5.97 Å². The van der Waals surface area contributed by atoms with Gasteiger partial charge in [-0.15, -0.1) is 0 Å². The molecule has 0 heterocycles. The van der Waals surface area contributed by atoms with Crippen LogP contribution in [0.5, 0.6) is 5.75 Å². The van der Waals surface area contributed by atoms with Gasteiger partial charge in [-0.05, 0) is 24.6 Å². The van der Waals surface area contributed by atoms with Crippen molar-refractivity contribution in [3.8, 4) is 5.75 Å². The Balaban J connectivity index is 2.54. The quantitative estimate of drug-likeness (QED) is 0.505. The molecule has 0 aliphatic carbocycles. The molecule has 0 aliphatic heterocycles. The molecule has 0 fully saturated rings. The Morgan fingerprint density at radius 2 is 2.06 bits per heavy atom. The molecule has 1 unspecified atom stereocenters.